The van der Waals surface area contributed by atoms with Crippen molar-refractivity contribution in [1.29, 1.82) is 5.26 Å². The maximum atomic E-state index is 12.3. The third-order valence-corrected chi connectivity index (χ3v) is 4.35. The highest BCUT2D eigenvalue weighted by molar-refractivity contribution is 6.07. The molecule has 3 N–H and O–H groups in total. The number of carbonyl (C=O) groups is 2. The van der Waals surface area contributed by atoms with Crippen molar-refractivity contribution >= 4 is 28.3 Å². The van der Waals surface area contributed by atoms with Crippen LogP contribution in [0.1, 0.15) is 22.8 Å². The lowest BCUT2D eigenvalue weighted by molar-refractivity contribution is -0.112. The van der Waals surface area contributed by atoms with Gasteiger partial charge in [0.2, 0.25) is 0 Å². The van der Waals surface area contributed by atoms with Crippen molar-refractivity contribution in [2.24, 2.45) is 0 Å². The van der Waals surface area contributed by atoms with Crippen LogP contribution in [0.15, 0.2) is 66.5 Å². The summed E-state index contributed by atoms with van der Waals surface area (Å²) < 4.78 is 0. The van der Waals surface area contributed by atoms with E-state index in [1.807, 2.05) is 30.5 Å². The molecule has 0 aliphatic rings. The van der Waals surface area contributed by atoms with E-state index in [-0.39, 0.29) is 11.4 Å². The predicted octanol–water partition coefficient (Wildman–Crippen LogP) is 3.55. The molecule has 6 heteroatoms. The van der Waals surface area contributed by atoms with Crippen molar-refractivity contribution in [3.63, 3.8) is 0 Å². The van der Waals surface area contributed by atoms with Gasteiger partial charge in [-0.05, 0) is 37.1 Å². The van der Waals surface area contributed by atoms with Crippen molar-refractivity contribution in [3.8, 4) is 6.07 Å². The van der Waals surface area contributed by atoms with Gasteiger partial charge in [-0.1, -0.05) is 30.3 Å². The van der Waals surface area contributed by atoms with Gasteiger partial charge < -0.3 is 15.6 Å². The quantitative estimate of drug-likeness (QED) is 0.256. The number of Topliss-reactive ketones (excluding diaryl/α,β-unsaturated/α-hetero) is 1. The van der Waals surface area contributed by atoms with Gasteiger partial charge in [-0.2, -0.15) is 5.26 Å². The Kier molecular flexibility index (Phi) is 5.87. The molecule has 0 aliphatic carbocycles. The van der Waals surface area contributed by atoms with Crippen LogP contribution < -0.4 is 10.6 Å². The zero-order chi connectivity index (χ0) is 19.9. The summed E-state index contributed by atoms with van der Waals surface area (Å²) in [5.41, 5.74) is 3.18. The molecule has 0 radical (unpaired) electrons. The van der Waals surface area contributed by atoms with Gasteiger partial charge in [0.05, 0.1) is 0 Å². The second-order valence-corrected chi connectivity index (χ2v) is 6.32. The molecule has 0 atom stereocenters. The van der Waals surface area contributed by atoms with E-state index in [2.05, 4.69) is 21.7 Å². The van der Waals surface area contributed by atoms with Gasteiger partial charge in [-0.3, -0.25) is 9.59 Å². The Morgan fingerprint density at radius 2 is 2.00 bits per heavy atom. The Morgan fingerprint density at radius 1 is 1.18 bits per heavy atom. The molecular formula is C22H20N4O2. The second kappa shape index (κ2) is 8.69. The first kappa shape index (κ1) is 18.9. The lowest BCUT2D eigenvalue weighted by Gasteiger charge is -2.06. The second-order valence-electron chi connectivity index (χ2n) is 6.32. The molecule has 0 unspecified atom stereocenters. The number of fused-ring (bicyclic) bond motifs is 1. The summed E-state index contributed by atoms with van der Waals surface area (Å²) in [6, 6.07) is 16.6. The Balaban J connectivity index is 1.59. The number of nitriles is 1. The molecule has 3 aromatic rings. The first-order valence-corrected chi connectivity index (χ1v) is 8.89. The SMILES string of the molecule is CC(=O)c1cccc(NC(=O)/C(C#N)=C\NCCc2c[nH]c3ccccc23)c1. The van der Waals surface area contributed by atoms with Gasteiger partial charge in [0, 0.05) is 41.1 Å². The molecular weight excluding hydrogens is 352 g/mol. The molecule has 2 aromatic carbocycles. The number of amides is 1. The number of benzene rings is 2. The van der Waals surface area contributed by atoms with Crippen molar-refractivity contribution in [2.75, 3.05) is 11.9 Å². The lowest BCUT2D eigenvalue weighted by Crippen LogP contribution is -2.18. The minimum absolute atomic E-state index is 0.0350. The van der Waals surface area contributed by atoms with Crippen LogP contribution in [0.3, 0.4) is 0 Å². The molecule has 0 fully saturated rings. The predicted molar refractivity (Wildman–Crippen MR) is 109 cm³/mol. The third-order valence-electron chi connectivity index (χ3n) is 4.35. The Labute approximate surface area is 162 Å². The Bertz CT molecular complexity index is 1090. The number of hydrogen-bond donors (Lipinski definition) is 3. The monoisotopic (exact) mass is 372 g/mol. The van der Waals surface area contributed by atoms with Crippen LogP contribution in [-0.2, 0) is 11.2 Å². The van der Waals surface area contributed by atoms with Crippen molar-refractivity contribution in [2.45, 2.75) is 13.3 Å². The summed E-state index contributed by atoms with van der Waals surface area (Å²) >= 11 is 0. The molecule has 3 rings (SSSR count). The summed E-state index contributed by atoms with van der Waals surface area (Å²) in [6.07, 6.45) is 4.14. The van der Waals surface area contributed by atoms with Crippen LogP contribution >= 0.6 is 0 Å². The number of aromatic nitrogens is 1. The minimum Gasteiger partial charge on any atom is -0.389 e. The van der Waals surface area contributed by atoms with E-state index in [1.165, 1.54) is 18.7 Å². The molecule has 0 spiro atoms. The lowest BCUT2D eigenvalue weighted by atomic mass is 10.1. The topological polar surface area (TPSA) is 97.8 Å². The van der Waals surface area contributed by atoms with Gasteiger partial charge in [-0.25, -0.2) is 0 Å². The van der Waals surface area contributed by atoms with Crippen molar-refractivity contribution < 1.29 is 9.59 Å². The molecule has 6 nitrogen and oxygen atoms in total. The van der Waals surface area contributed by atoms with Crippen LogP contribution in [0.2, 0.25) is 0 Å². The van der Waals surface area contributed by atoms with Crippen molar-refractivity contribution in [1.82, 2.24) is 10.3 Å². The fraction of sp³-hybridized carbons (Fsp3) is 0.136. The van der Waals surface area contributed by atoms with E-state index in [9.17, 15) is 14.9 Å². The van der Waals surface area contributed by atoms with E-state index in [0.29, 0.717) is 17.8 Å². The molecule has 28 heavy (non-hydrogen) atoms. The molecule has 1 heterocycles. The van der Waals surface area contributed by atoms with Gasteiger partial charge >= 0.3 is 0 Å². The number of nitrogens with one attached hydrogen (secondary N) is 3. The van der Waals surface area contributed by atoms with Crippen LogP contribution in [0.5, 0.6) is 0 Å². The number of aromatic amines is 1. The van der Waals surface area contributed by atoms with Crippen LogP contribution in [0.4, 0.5) is 5.69 Å². The number of hydrogen-bond acceptors (Lipinski definition) is 4. The number of carbonyl (C=O) groups excluding carboxylic acids is 2. The van der Waals surface area contributed by atoms with E-state index in [1.54, 1.807) is 24.3 Å². The average molecular weight is 372 g/mol. The van der Waals surface area contributed by atoms with Gasteiger partial charge in [-0.15, -0.1) is 0 Å². The molecule has 0 saturated heterocycles. The average Bonchev–Trinajstić information content (AvgIpc) is 3.11. The van der Waals surface area contributed by atoms with Crippen LogP contribution in [0.25, 0.3) is 10.9 Å². The number of nitrogens with zero attached hydrogens (tertiary/aromatic N) is 1. The van der Waals surface area contributed by atoms with Crippen molar-refractivity contribution in [3.05, 3.63) is 77.6 Å². The number of anilines is 1. The smallest absolute Gasteiger partial charge is 0.267 e. The highest BCUT2D eigenvalue weighted by Gasteiger charge is 2.10. The summed E-state index contributed by atoms with van der Waals surface area (Å²) in [5, 5.41) is 16.1. The Morgan fingerprint density at radius 3 is 2.79 bits per heavy atom. The van der Waals surface area contributed by atoms with Crippen LogP contribution in [-0.4, -0.2) is 23.2 Å². The summed E-state index contributed by atoms with van der Waals surface area (Å²) in [7, 11) is 0. The molecule has 1 aromatic heterocycles. The molecule has 0 saturated carbocycles. The summed E-state index contributed by atoms with van der Waals surface area (Å²) in [4.78, 5) is 27.0. The molecule has 0 aliphatic heterocycles. The summed E-state index contributed by atoms with van der Waals surface area (Å²) in [6.45, 7) is 2.04. The van der Waals surface area contributed by atoms with Crippen LogP contribution in [0, 0.1) is 11.3 Å². The van der Waals surface area contributed by atoms with Gasteiger partial charge in [0.15, 0.2) is 5.78 Å². The van der Waals surface area contributed by atoms with E-state index < -0.39 is 5.91 Å². The van der Waals surface area contributed by atoms with Gasteiger partial charge in [0.1, 0.15) is 11.6 Å². The minimum atomic E-state index is -0.525. The Hall–Kier alpha value is -3.85. The van der Waals surface area contributed by atoms with Gasteiger partial charge in [0.25, 0.3) is 5.91 Å². The van der Waals surface area contributed by atoms with E-state index in [0.717, 1.165) is 17.3 Å². The number of ketones is 1. The highest BCUT2D eigenvalue weighted by Crippen LogP contribution is 2.17. The maximum Gasteiger partial charge on any atom is 0.267 e. The number of rotatable bonds is 7. The standard InChI is InChI=1S/C22H20N4O2/c1-15(27)16-5-4-6-19(11-16)26-22(28)18(12-23)13-24-10-9-17-14-25-21-8-3-2-7-20(17)21/h2-8,11,13-14,24-25H,9-10H2,1H3,(H,26,28)/b18-13-. The number of H-pyrrole nitrogens is 1. The highest BCUT2D eigenvalue weighted by atomic mass is 16.1. The molecule has 0 bridgehead atoms. The maximum absolute atomic E-state index is 12.3. The molecule has 140 valence electrons. The normalized spacial score (nSPS) is 11.1. The first-order valence-electron chi connectivity index (χ1n) is 8.89. The zero-order valence-corrected chi connectivity index (χ0v) is 15.5. The van der Waals surface area contributed by atoms with E-state index in [4.69, 9.17) is 0 Å². The zero-order valence-electron chi connectivity index (χ0n) is 15.5. The van der Waals surface area contributed by atoms with E-state index >= 15 is 0 Å². The largest absolute Gasteiger partial charge is 0.389 e. The molecule has 1 amide bonds. The fourth-order valence-corrected chi connectivity index (χ4v) is 2.88. The third kappa shape index (κ3) is 4.46. The summed E-state index contributed by atoms with van der Waals surface area (Å²) in [5.74, 6) is -0.617. The fourth-order valence-electron chi connectivity index (χ4n) is 2.88. The number of para-hydroxylation sites is 1. The first-order chi connectivity index (χ1) is 13.6.